The highest BCUT2D eigenvalue weighted by Gasteiger charge is 2.16. The molecule has 5 nitrogen and oxygen atoms in total. The van der Waals surface area contributed by atoms with E-state index in [-0.39, 0.29) is 31.0 Å². The zero-order chi connectivity index (χ0) is 15.3. The van der Waals surface area contributed by atoms with Gasteiger partial charge in [-0.1, -0.05) is 0 Å². The Morgan fingerprint density at radius 1 is 1.35 bits per heavy atom. The number of hydrogen-bond acceptors (Lipinski definition) is 3. The van der Waals surface area contributed by atoms with Crippen molar-refractivity contribution in [3.63, 3.8) is 0 Å². The highest BCUT2D eigenvalue weighted by atomic mass is 16.3. The van der Waals surface area contributed by atoms with E-state index in [9.17, 15) is 9.59 Å². The van der Waals surface area contributed by atoms with E-state index in [1.165, 1.54) is 6.92 Å². The number of aliphatic hydroxyl groups excluding tert-OH is 1. The van der Waals surface area contributed by atoms with Crippen molar-refractivity contribution < 1.29 is 14.7 Å². The fourth-order valence-corrected chi connectivity index (χ4v) is 2.03. The maximum Gasteiger partial charge on any atom is 0.322 e. The van der Waals surface area contributed by atoms with Crippen LogP contribution in [0.2, 0.25) is 0 Å². The molecular weight excluding hydrogens is 256 g/mol. The Labute approximate surface area is 119 Å². The molecule has 1 rings (SSSR count). The van der Waals surface area contributed by atoms with Gasteiger partial charge in [-0.2, -0.15) is 0 Å². The zero-order valence-electron chi connectivity index (χ0n) is 12.4. The molecule has 0 unspecified atom stereocenters. The van der Waals surface area contributed by atoms with Crippen molar-refractivity contribution in [3.8, 4) is 0 Å². The molecule has 0 atom stereocenters. The van der Waals surface area contributed by atoms with Gasteiger partial charge in [0.1, 0.15) is 0 Å². The van der Waals surface area contributed by atoms with Gasteiger partial charge in [-0.05, 0) is 51.5 Å². The molecule has 0 aliphatic carbocycles. The first-order chi connectivity index (χ1) is 9.36. The van der Waals surface area contributed by atoms with Crippen LogP contribution in [-0.4, -0.2) is 41.0 Å². The standard InChI is InChI=1S/C15H22N2O3/c1-10(2)17(7-8-18)15(20)16-13-5-6-14(12(4)19)11(3)9-13/h5-6,9-10,18H,7-8H2,1-4H3,(H,16,20). The predicted octanol–water partition coefficient (Wildman–Crippen LogP) is 2.43. The molecule has 2 amide bonds. The minimum Gasteiger partial charge on any atom is -0.395 e. The smallest absolute Gasteiger partial charge is 0.322 e. The number of anilines is 1. The average Bonchev–Trinajstić information content (AvgIpc) is 2.34. The van der Waals surface area contributed by atoms with Gasteiger partial charge in [0.25, 0.3) is 0 Å². The third-order valence-corrected chi connectivity index (χ3v) is 3.08. The van der Waals surface area contributed by atoms with Crippen LogP contribution in [0, 0.1) is 6.92 Å². The number of aliphatic hydroxyl groups is 1. The van der Waals surface area contributed by atoms with Gasteiger partial charge in [0.05, 0.1) is 6.61 Å². The minimum absolute atomic E-state index is 0.000241. The van der Waals surface area contributed by atoms with Crippen LogP contribution in [0.3, 0.4) is 0 Å². The molecule has 0 spiro atoms. The number of benzene rings is 1. The Kier molecular flexibility index (Phi) is 5.70. The highest BCUT2D eigenvalue weighted by Crippen LogP contribution is 2.16. The van der Waals surface area contributed by atoms with Gasteiger partial charge in [-0.3, -0.25) is 4.79 Å². The lowest BCUT2D eigenvalue weighted by Crippen LogP contribution is -2.41. The number of Topliss-reactive ketones (excluding diaryl/α,β-unsaturated/α-hetero) is 1. The number of aryl methyl sites for hydroxylation is 1. The second-order valence-electron chi connectivity index (χ2n) is 5.03. The predicted molar refractivity (Wildman–Crippen MR) is 79.1 cm³/mol. The van der Waals surface area contributed by atoms with Crippen LogP contribution in [0.1, 0.15) is 36.7 Å². The first kappa shape index (κ1) is 16.2. The molecule has 0 saturated heterocycles. The van der Waals surface area contributed by atoms with Crippen LogP contribution < -0.4 is 5.32 Å². The summed E-state index contributed by atoms with van der Waals surface area (Å²) < 4.78 is 0. The largest absolute Gasteiger partial charge is 0.395 e. The van der Waals surface area contributed by atoms with Crippen LogP contribution in [0.5, 0.6) is 0 Å². The molecule has 0 radical (unpaired) electrons. The van der Waals surface area contributed by atoms with E-state index in [0.717, 1.165) is 5.56 Å². The van der Waals surface area contributed by atoms with Gasteiger partial charge in [0.2, 0.25) is 0 Å². The van der Waals surface area contributed by atoms with Crippen molar-refractivity contribution in [1.82, 2.24) is 4.90 Å². The fraction of sp³-hybridized carbons (Fsp3) is 0.467. The molecule has 1 aromatic rings. The van der Waals surface area contributed by atoms with E-state index < -0.39 is 0 Å². The number of nitrogens with zero attached hydrogens (tertiary/aromatic N) is 1. The van der Waals surface area contributed by atoms with E-state index in [0.29, 0.717) is 11.3 Å². The van der Waals surface area contributed by atoms with E-state index in [1.807, 2.05) is 20.8 Å². The maximum atomic E-state index is 12.1. The summed E-state index contributed by atoms with van der Waals surface area (Å²) in [6.45, 7) is 7.34. The van der Waals surface area contributed by atoms with E-state index in [4.69, 9.17) is 5.11 Å². The molecule has 0 aliphatic rings. The molecule has 110 valence electrons. The zero-order valence-corrected chi connectivity index (χ0v) is 12.4. The Morgan fingerprint density at radius 3 is 2.45 bits per heavy atom. The van der Waals surface area contributed by atoms with Crippen LogP contribution in [0.4, 0.5) is 10.5 Å². The lowest BCUT2D eigenvalue weighted by atomic mass is 10.1. The summed E-state index contributed by atoms with van der Waals surface area (Å²) >= 11 is 0. The number of carbonyl (C=O) groups is 2. The van der Waals surface area contributed by atoms with Crippen molar-refractivity contribution in [2.45, 2.75) is 33.7 Å². The molecule has 5 heteroatoms. The van der Waals surface area contributed by atoms with E-state index in [1.54, 1.807) is 23.1 Å². The summed E-state index contributed by atoms with van der Waals surface area (Å²) in [6.07, 6.45) is 0. The van der Waals surface area contributed by atoms with Crippen LogP contribution in [-0.2, 0) is 0 Å². The maximum absolute atomic E-state index is 12.1. The molecule has 0 heterocycles. The summed E-state index contributed by atoms with van der Waals surface area (Å²) in [4.78, 5) is 25.0. The van der Waals surface area contributed by atoms with Crippen molar-refractivity contribution in [3.05, 3.63) is 29.3 Å². The van der Waals surface area contributed by atoms with Gasteiger partial charge in [0, 0.05) is 23.8 Å². The Morgan fingerprint density at radius 2 is 2.00 bits per heavy atom. The van der Waals surface area contributed by atoms with Crippen LogP contribution in [0.15, 0.2) is 18.2 Å². The normalized spacial score (nSPS) is 10.5. The van der Waals surface area contributed by atoms with Gasteiger partial charge in [0.15, 0.2) is 5.78 Å². The van der Waals surface area contributed by atoms with E-state index in [2.05, 4.69) is 5.32 Å². The number of ketones is 1. The summed E-state index contributed by atoms with van der Waals surface area (Å²) in [6, 6.07) is 4.92. The number of urea groups is 1. The summed E-state index contributed by atoms with van der Waals surface area (Å²) in [5, 5.41) is 11.8. The van der Waals surface area contributed by atoms with Gasteiger partial charge >= 0.3 is 6.03 Å². The fourth-order valence-electron chi connectivity index (χ4n) is 2.03. The molecule has 0 saturated carbocycles. The average molecular weight is 278 g/mol. The van der Waals surface area contributed by atoms with E-state index >= 15 is 0 Å². The number of hydrogen-bond donors (Lipinski definition) is 2. The summed E-state index contributed by atoms with van der Waals surface area (Å²) in [5.74, 6) is 0.00413. The molecular formula is C15H22N2O3. The van der Waals surface area contributed by atoms with Crippen molar-refractivity contribution in [1.29, 1.82) is 0 Å². The van der Waals surface area contributed by atoms with Gasteiger partial charge < -0.3 is 15.3 Å². The molecule has 0 fully saturated rings. The lowest BCUT2D eigenvalue weighted by molar-refractivity contribution is 0.101. The van der Waals surface area contributed by atoms with Crippen LogP contribution in [0.25, 0.3) is 0 Å². The third-order valence-electron chi connectivity index (χ3n) is 3.08. The Balaban J connectivity index is 2.85. The molecule has 0 bridgehead atoms. The van der Waals surface area contributed by atoms with Crippen molar-refractivity contribution >= 4 is 17.5 Å². The number of rotatable bonds is 5. The second-order valence-corrected chi connectivity index (χ2v) is 5.03. The SMILES string of the molecule is CC(=O)c1ccc(NC(=O)N(CCO)C(C)C)cc1C. The molecule has 0 aromatic heterocycles. The van der Waals surface area contributed by atoms with Crippen molar-refractivity contribution in [2.24, 2.45) is 0 Å². The quantitative estimate of drug-likeness (QED) is 0.813. The highest BCUT2D eigenvalue weighted by molar-refractivity contribution is 5.96. The summed E-state index contributed by atoms with van der Waals surface area (Å²) in [5.41, 5.74) is 2.12. The molecule has 0 aliphatic heterocycles. The third kappa shape index (κ3) is 4.06. The number of nitrogens with one attached hydrogen (secondary N) is 1. The molecule has 2 N–H and O–H groups in total. The molecule has 1 aromatic carbocycles. The molecule has 20 heavy (non-hydrogen) atoms. The van der Waals surface area contributed by atoms with Crippen molar-refractivity contribution in [2.75, 3.05) is 18.5 Å². The summed E-state index contributed by atoms with van der Waals surface area (Å²) in [7, 11) is 0. The Bertz CT molecular complexity index is 498. The number of amides is 2. The van der Waals surface area contributed by atoms with Gasteiger partial charge in [-0.15, -0.1) is 0 Å². The second kappa shape index (κ2) is 7.05. The monoisotopic (exact) mass is 278 g/mol. The first-order valence-corrected chi connectivity index (χ1v) is 6.67. The topological polar surface area (TPSA) is 69.6 Å². The van der Waals surface area contributed by atoms with Crippen LogP contribution >= 0.6 is 0 Å². The Hall–Kier alpha value is -1.88. The first-order valence-electron chi connectivity index (χ1n) is 6.67. The minimum atomic E-state index is -0.260. The van der Waals surface area contributed by atoms with Gasteiger partial charge in [-0.25, -0.2) is 4.79 Å². The number of carbonyl (C=O) groups excluding carboxylic acids is 2. The lowest BCUT2D eigenvalue weighted by Gasteiger charge is -2.26.